The van der Waals surface area contributed by atoms with E-state index in [1.807, 2.05) is 19.9 Å². The standard InChI is InChI=1S/C9H9ClN4O/c1-5-3-6(2)14(13-5)9-11-4-7(10)8(15)12-9/h3-4H,1-2H3,(H,11,12,15). The Hall–Kier alpha value is -1.62. The number of nitrogens with one attached hydrogen (secondary N) is 1. The van der Waals surface area contributed by atoms with Crippen molar-refractivity contribution >= 4 is 11.6 Å². The van der Waals surface area contributed by atoms with Gasteiger partial charge in [0.25, 0.3) is 5.56 Å². The Kier molecular flexibility index (Phi) is 2.32. The second-order valence-corrected chi connectivity index (χ2v) is 3.63. The zero-order valence-corrected chi connectivity index (χ0v) is 9.04. The lowest BCUT2D eigenvalue weighted by Crippen LogP contribution is -2.14. The van der Waals surface area contributed by atoms with E-state index in [9.17, 15) is 4.79 Å². The molecular weight excluding hydrogens is 216 g/mol. The molecule has 6 heteroatoms. The van der Waals surface area contributed by atoms with Crippen molar-refractivity contribution in [2.75, 3.05) is 0 Å². The van der Waals surface area contributed by atoms with Crippen molar-refractivity contribution < 1.29 is 0 Å². The summed E-state index contributed by atoms with van der Waals surface area (Å²) in [7, 11) is 0. The minimum Gasteiger partial charge on any atom is -0.290 e. The molecule has 5 nitrogen and oxygen atoms in total. The second-order valence-electron chi connectivity index (χ2n) is 3.22. The molecular formula is C9H9ClN4O. The SMILES string of the molecule is Cc1cc(C)n(-c2ncc(Cl)c(=O)[nH]2)n1. The molecule has 0 saturated heterocycles. The van der Waals surface area contributed by atoms with Crippen LogP contribution in [0.25, 0.3) is 5.95 Å². The molecule has 0 saturated carbocycles. The van der Waals surface area contributed by atoms with Gasteiger partial charge in [0.15, 0.2) is 0 Å². The van der Waals surface area contributed by atoms with Crippen LogP contribution in [-0.4, -0.2) is 19.7 Å². The predicted octanol–water partition coefficient (Wildman–Crippen LogP) is 1.23. The van der Waals surface area contributed by atoms with Crippen LogP contribution in [0, 0.1) is 13.8 Å². The van der Waals surface area contributed by atoms with Gasteiger partial charge >= 0.3 is 0 Å². The highest BCUT2D eigenvalue weighted by Crippen LogP contribution is 2.06. The summed E-state index contributed by atoms with van der Waals surface area (Å²) in [5.74, 6) is 0.370. The van der Waals surface area contributed by atoms with Gasteiger partial charge in [-0.3, -0.25) is 9.78 Å². The third-order valence-electron chi connectivity index (χ3n) is 1.95. The highest BCUT2D eigenvalue weighted by molar-refractivity contribution is 6.30. The fraction of sp³-hybridized carbons (Fsp3) is 0.222. The maximum Gasteiger partial charge on any atom is 0.271 e. The molecule has 78 valence electrons. The van der Waals surface area contributed by atoms with Crippen molar-refractivity contribution in [2.45, 2.75) is 13.8 Å². The Labute approximate surface area is 90.7 Å². The summed E-state index contributed by atoms with van der Waals surface area (Å²) >= 11 is 5.58. The molecule has 2 aromatic rings. The molecule has 1 N–H and O–H groups in total. The van der Waals surface area contributed by atoms with Crippen LogP contribution >= 0.6 is 11.6 Å². The van der Waals surface area contributed by atoms with Gasteiger partial charge in [-0.1, -0.05) is 11.6 Å². The van der Waals surface area contributed by atoms with Crippen LogP contribution in [0.5, 0.6) is 0 Å². The number of H-pyrrole nitrogens is 1. The second kappa shape index (κ2) is 3.51. The Morgan fingerprint density at radius 3 is 2.73 bits per heavy atom. The number of aromatic amines is 1. The van der Waals surface area contributed by atoms with Gasteiger partial charge < -0.3 is 0 Å². The predicted molar refractivity (Wildman–Crippen MR) is 56.5 cm³/mol. The van der Waals surface area contributed by atoms with E-state index < -0.39 is 0 Å². The van der Waals surface area contributed by atoms with Gasteiger partial charge in [-0.25, -0.2) is 9.67 Å². The van der Waals surface area contributed by atoms with E-state index >= 15 is 0 Å². The van der Waals surface area contributed by atoms with E-state index in [2.05, 4.69) is 15.1 Å². The lowest BCUT2D eigenvalue weighted by Gasteiger charge is -2.01. The van der Waals surface area contributed by atoms with Crippen LogP contribution in [0.15, 0.2) is 17.1 Å². The van der Waals surface area contributed by atoms with Gasteiger partial charge in [0.2, 0.25) is 5.95 Å². The fourth-order valence-electron chi connectivity index (χ4n) is 1.32. The number of hydrogen-bond acceptors (Lipinski definition) is 3. The molecule has 0 amide bonds. The topological polar surface area (TPSA) is 63.6 Å². The fourth-order valence-corrected chi connectivity index (χ4v) is 1.42. The molecule has 0 aliphatic heterocycles. The van der Waals surface area contributed by atoms with Crippen LogP contribution in [0.4, 0.5) is 0 Å². The number of aryl methyl sites for hydroxylation is 2. The van der Waals surface area contributed by atoms with Crippen LogP contribution < -0.4 is 5.56 Å². The van der Waals surface area contributed by atoms with Crippen LogP contribution in [0.3, 0.4) is 0 Å². The number of aromatic nitrogens is 4. The van der Waals surface area contributed by atoms with E-state index in [4.69, 9.17) is 11.6 Å². The van der Waals surface area contributed by atoms with E-state index in [1.165, 1.54) is 6.20 Å². The minimum absolute atomic E-state index is 0.0697. The quantitative estimate of drug-likeness (QED) is 0.792. The minimum atomic E-state index is -0.366. The average Bonchev–Trinajstić information content (AvgIpc) is 2.50. The van der Waals surface area contributed by atoms with Crippen LogP contribution in [0.2, 0.25) is 5.02 Å². The summed E-state index contributed by atoms with van der Waals surface area (Å²) in [5.41, 5.74) is 1.40. The van der Waals surface area contributed by atoms with Gasteiger partial charge in [-0.15, -0.1) is 0 Å². The monoisotopic (exact) mass is 224 g/mol. The van der Waals surface area contributed by atoms with Crippen molar-refractivity contribution in [3.8, 4) is 5.95 Å². The van der Waals surface area contributed by atoms with Gasteiger partial charge in [0, 0.05) is 5.69 Å². The molecule has 0 radical (unpaired) electrons. The maximum absolute atomic E-state index is 11.3. The summed E-state index contributed by atoms with van der Waals surface area (Å²) < 4.78 is 1.56. The van der Waals surface area contributed by atoms with Crippen LogP contribution in [-0.2, 0) is 0 Å². The van der Waals surface area contributed by atoms with Crippen LogP contribution in [0.1, 0.15) is 11.4 Å². The van der Waals surface area contributed by atoms with E-state index in [-0.39, 0.29) is 10.6 Å². The summed E-state index contributed by atoms with van der Waals surface area (Å²) in [6, 6.07) is 1.90. The van der Waals surface area contributed by atoms with E-state index in [0.717, 1.165) is 11.4 Å². The first-order valence-corrected chi connectivity index (χ1v) is 4.74. The van der Waals surface area contributed by atoms with E-state index in [0.29, 0.717) is 5.95 Å². The van der Waals surface area contributed by atoms with Gasteiger partial charge in [-0.05, 0) is 19.9 Å². The molecule has 2 heterocycles. The molecule has 0 fully saturated rings. The lowest BCUT2D eigenvalue weighted by atomic mass is 10.4. The third kappa shape index (κ3) is 1.78. The van der Waals surface area contributed by atoms with Crippen molar-refractivity contribution in [1.82, 2.24) is 19.7 Å². The molecule has 15 heavy (non-hydrogen) atoms. The van der Waals surface area contributed by atoms with Crippen molar-refractivity contribution in [3.05, 3.63) is 39.0 Å². The summed E-state index contributed by atoms with van der Waals surface area (Å²) in [6.45, 7) is 3.76. The Morgan fingerprint density at radius 2 is 2.20 bits per heavy atom. The van der Waals surface area contributed by atoms with Gasteiger partial charge in [0.1, 0.15) is 5.02 Å². The third-order valence-corrected chi connectivity index (χ3v) is 2.22. The van der Waals surface area contributed by atoms with Crippen molar-refractivity contribution in [3.63, 3.8) is 0 Å². The highest BCUT2D eigenvalue weighted by Gasteiger charge is 2.06. The summed E-state index contributed by atoms with van der Waals surface area (Å²) in [4.78, 5) is 17.8. The Balaban J connectivity index is 2.59. The molecule has 0 bridgehead atoms. The smallest absolute Gasteiger partial charge is 0.271 e. The molecule has 0 aromatic carbocycles. The van der Waals surface area contributed by atoms with Crippen molar-refractivity contribution in [2.24, 2.45) is 0 Å². The Bertz CT molecular complexity index is 557. The van der Waals surface area contributed by atoms with Gasteiger partial charge in [-0.2, -0.15) is 5.10 Å². The largest absolute Gasteiger partial charge is 0.290 e. The molecule has 0 spiro atoms. The number of rotatable bonds is 1. The molecule has 2 aromatic heterocycles. The molecule has 0 atom stereocenters. The van der Waals surface area contributed by atoms with E-state index in [1.54, 1.807) is 4.68 Å². The molecule has 0 aliphatic carbocycles. The molecule has 0 unspecified atom stereocenters. The van der Waals surface area contributed by atoms with Gasteiger partial charge in [0.05, 0.1) is 11.9 Å². The van der Waals surface area contributed by atoms with Crippen molar-refractivity contribution in [1.29, 1.82) is 0 Å². The zero-order chi connectivity index (χ0) is 11.0. The molecule has 0 aliphatic rings. The lowest BCUT2D eigenvalue weighted by molar-refractivity contribution is 0.768. The first-order chi connectivity index (χ1) is 7.08. The summed E-state index contributed by atoms with van der Waals surface area (Å²) in [5, 5.41) is 4.26. The Morgan fingerprint density at radius 1 is 1.47 bits per heavy atom. The normalized spacial score (nSPS) is 10.6. The number of halogens is 1. The number of hydrogen-bond donors (Lipinski definition) is 1. The molecule has 2 rings (SSSR count). The average molecular weight is 225 g/mol. The summed E-state index contributed by atoms with van der Waals surface area (Å²) in [6.07, 6.45) is 1.31. The first-order valence-electron chi connectivity index (χ1n) is 4.36. The number of nitrogens with zero attached hydrogens (tertiary/aromatic N) is 3. The zero-order valence-electron chi connectivity index (χ0n) is 8.28. The highest BCUT2D eigenvalue weighted by atomic mass is 35.5. The first kappa shape index (κ1) is 9.92. The maximum atomic E-state index is 11.3.